The van der Waals surface area contributed by atoms with Gasteiger partial charge in [0.2, 0.25) is 0 Å². The number of carbonyl (C=O) groups is 1. The van der Waals surface area contributed by atoms with E-state index in [-0.39, 0.29) is 0 Å². The molecular weight excluding hydrogens is 234 g/mol. The Hall–Kier alpha value is -1.15. The van der Waals surface area contributed by atoms with Crippen LogP contribution >= 0.6 is 0 Å². The Morgan fingerprint density at radius 3 is 2.68 bits per heavy atom. The van der Waals surface area contributed by atoms with Crippen molar-refractivity contribution >= 4 is 5.78 Å². The summed E-state index contributed by atoms with van der Waals surface area (Å²) in [6.07, 6.45) is 3.85. The van der Waals surface area contributed by atoms with E-state index >= 15 is 0 Å². The molecule has 1 aromatic rings. The number of carbonyl (C=O) groups excluding carboxylic acids is 1. The van der Waals surface area contributed by atoms with Gasteiger partial charge in [0, 0.05) is 18.9 Å². The largest absolute Gasteiger partial charge is 0.299 e. The molecule has 0 saturated carbocycles. The highest BCUT2D eigenvalue weighted by Crippen LogP contribution is 2.21. The maximum absolute atomic E-state index is 11.9. The molecule has 104 valence electrons. The van der Waals surface area contributed by atoms with Crippen LogP contribution in [0.15, 0.2) is 24.3 Å². The first-order valence-electron chi connectivity index (χ1n) is 7.49. The lowest BCUT2D eigenvalue weighted by atomic mass is 9.90. The van der Waals surface area contributed by atoms with E-state index in [1.165, 1.54) is 11.1 Å². The molecule has 1 aromatic carbocycles. The van der Waals surface area contributed by atoms with Crippen LogP contribution in [-0.2, 0) is 11.3 Å². The summed E-state index contributed by atoms with van der Waals surface area (Å²) in [5.74, 6) is 0.811. The van der Waals surface area contributed by atoms with Gasteiger partial charge in [0.05, 0.1) is 0 Å². The van der Waals surface area contributed by atoms with Crippen molar-refractivity contribution < 1.29 is 4.79 Å². The molecule has 1 aliphatic heterocycles. The number of hydrogen-bond donors (Lipinski definition) is 0. The lowest BCUT2D eigenvalue weighted by Gasteiger charge is -2.31. The van der Waals surface area contributed by atoms with E-state index in [0.717, 1.165) is 45.3 Å². The van der Waals surface area contributed by atoms with Crippen molar-refractivity contribution in [2.75, 3.05) is 13.1 Å². The van der Waals surface area contributed by atoms with Gasteiger partial charge >= 0.3 is 0 Å². The fourth-order valence-electron chi connectivity index (χ4n) is 2.93. The van der Waals surface area contributed by atoms with Crippen LogP contribution in [0.1, 0.15) is 43.7 Å². The molecule has 1 heterocycles. The van der Waals surface area contributed by atoms with Gasteiger partial charge < -0.3 is 0 Å². The lowest BCUT2D eigenvalue weighted by molar-refractivity contribution is -0.124. The fraction of sp³-hybridized carbons (Fsp3) is 0.588. The molecule has 0 spiro atoms. The molecule has 2 rings (SSSR count). The normalized spacial score (nSPS) is 17.6. The number of ketones is 1. The van der Waals surface area contributed by atoms with Crippen LogP contribution < -0.4 is 0 Å². The molecule has 0 aromatic heterocycles. The van der Waals surface area contributed by atoms with Gasteiger partial charge in [-0.3, -0.25) is 9.69 Å². The molecule has 0 amide bonds. The third-order valence-electron chi connectivity index (χ3n) is 4.03. The topological polar surface area (TPSA) is 20.3 Å². The Morgan fingerprint density at radius 2 is 2.05 bits per heavy atom. The number of likely N-dealkylation sites (tertiary alicyclic amines) is 1. The molecule has 19 heavy (non-hydrogen) atoms. The van der Waals surface area contributed by atoms with E-state index < -0.39 is 0 Å². The minimum Gasteiger partial charge on any atom is -0.299 e. The predicted octanol–water partition coefficient (Wildman–Crippen LogP) is 3.58. The molecule has 0 atom stereocenters. The van der Waals surface area contributed by atoms with Gasteiger partial charge in [-0.25, -0.2) is 0 Å². The first kappa shape index (κ1) is 14.3. The third-order valence-corrected chi connectivity index (χ3v) is 4.03. The van der Waals surface area contributed by atoms with Crippen LogP contribution in [0.3, 0.4) is 0 Å². The number of Topliss-reactive ketones (excluding diaryl/α,β-unsaturated/α-hetero) is 1. The third kappa shape index (κ3) is 4.17. The summed E-state index contributed by atoms with van der Waals surface area (Å²) >= 11 is 0. The summed E-state index contributed by atoms with van der Waals surface area (Å²) < 4.78 is 0. The summed E-state index contributed by atoms with van der Waals surface area (Å²) in [5.41, 5.74) is 2.71. The monoisotopic (exact) mass is 259 g/mol. The van der Waals surface area contributed by atoms with Crippen LogP contribution in [-0.4, -0.2) is 23.8 Å². The number of nitrogens with zero attached hydrogens (tertiary/aromatic N) is 1. The second-order valence-corrected chi connectivity index (χ2v) is 5.76. The first-order valence-corrected chi connectivity index (χ1v) is 7.49. The Bertz CT molecular complexity index is 419. The van der Waals surface area contributed by atoms with E-state index in [4.69, 9.17) is 0 Å². The highest BCUT2D eigenvalue weighted by Gasteiger charge is 2.23. The SMILES string of the molecule is CCCC(=O)C1CCN(Cc2cccc(C)c2)CC1. The summed E-state index contributed by atoms with van der Waals surface area (Å²) in [5, 5.41) is 0. The van der Waals surface area contributed by atoms with Gasteiger partial charge in [-0.2, -0.15) is 0 Å². The van der Waals surface area contributed by atoms with E-state index in [2.05, 4.69) is 43.0 Å². The zero-order valence-electron chi connectivity index (χ0n) is 12.2. The number of aryl methyl sites for hydroxylation is 1. The van der Waals surface area contributed by atoms with Crippen molar-refractivity contribution in [3.8, 4) is 0 Å². The van der Waals surface area contributed by atoms with Gasteiger partial charge in [0.15, 0.2) is 0 Å². The van der Waals surface area contributed by atoms with Crippen molar-refractivity contribution in [1.82, 2.24) is 4.90 Å². The summed E-state index contributed by atoms with van der Waals surface area (Å²) in [7, 11) is 0. The number of piperidine rings is 1. The van der Waals surface area contributed by atoms with Gasteiger partial charge in [-0.05, 0) is 44.8 Å². The number of hydrogen-bond acceptors (Lipinski definition) is 2. The number of benzene rings is 1. The smallest absolute Gasteiger partial charge is 0.136 e. The molecule has 2 heteroatoms. The molecular formula is C17H25NO. The highest BCUT2D eigenvalue weighted by atomic mass is 16.1. The van der Waals surface area contributed by atoms with Crippen molar-refractivity contribution in [3.63, 3.8) is 0 Å². The van der Waals surface area contributed by atoms with E-state index in [0.29, 0.717) is 11.7 Å². The van der Waals surface area contributed by atoms with Crippen molar-refractivity contribution in [1.29, 1.82) is 0 Å². The maximum atomic E-state index is 11.9. The van der Waals surface area contributed by atoms with Crippen LogP contribution in [0.4, 0.5) is 0 Å². The Labute approximate surface area is 116 Å². The second kappa shape index (κ2) is 6.85. The maximum Gasteiger partial charge on any atom is 0.136 e. The molecule has 0 aliphatic carbocycles. The van der Waals surface area contributed by atoms with Gasteiger partial charge in [-0.1, -0.05) is 36.8 Å². The van der Waals surface area contributed by atoms with E-state index in [1.807, 2.05) is 0 Å². The summed E-state index contributed by atoms with van der Waals surface area (Å²) in [4.78, 5) is 14.4. The van der Waals surface area contributed by atoms with Crippen molar-refractivity contribution in [2.24, 2.45) is 5.92 Å². The summed E-state index contributed by atoms with van der Waals surface area (Å²) in [6, 6.07) is 8.72. The quantitative estimate of drug-likeness (QED) is 0.805. The lowest BCUT2D eigenvalue weighted by Crippen LogP contribution is -2.35. The average Bonchev–Trinajstić information content (AvgIpc) is 2.40. The Kier molecular flexibility index (Phi) is 5.15. The standard InChI is InChI=1S/C17H25NO/c1-3-5-17(19)16-8-10-18(11-9-16)13-15-7-4-6-14(2)12-15/h4,6-7,12,16H,3,5,8-11,13H2,1-2H3. The van der Waals surface area contributed by atoms with E-state index in [1.54, 1.807) is 0 Å². The molecule has 2 nitrogen and oxygen atoms in total. The van der Waals surface area contributed by atoms with Crippen LogP contribution in [0.2, 0.25) is 0 Å². The Balaban J connectivity index is 1.82. The van der Waals surface area contributed by atoms with Gasteiger partial charge in [0.25, 0.3) is 0 Å². The predicted molar refractivity (Wildman–Crippen MR) is 79.1 cm³/mol. The van der Waals surface area contributed by atoms with Crippen molar-refractivity contribution in [2.45, 2.75) is 46.1 Å². The second-order valence-electron chi connectivity index (χ2n) is 5.76. The molecule has 1 aliphatic rings. The molecule has 0 unspecified atom stereocenters. The minimum atomic E-state index is 0.328. The van der Waals surface area contributed by atoms with Crippen LogP contribution in [0.25, 0.3) is 0 Å². The first-order chi connectivity index (χ1) is 9.19. The summed E-state index contributed by atoms with van der Waals surface area (Å²) in [6.45, 7) is 7.38. The molecule has 1 fully saturated rings. The average molecular weight is 259 g/mol. The van der Waals surface area contributed by atoms with Crippen LogP contribution in [0, 0.1) is 12.8 Å². The number of rotatable bonds is 5. The van der Waals surface area contributed by atoms with Gasteiger partial charge in [-0.15, -0.1) is 0 Å². The van der Waals surface area contributed by atoms with Crippen LogP contribution in [0.5, 0.6) is 0 Å². The van der Waals surface area contributed by atoms with E-state index in [9.17, 15) is 4.79 Å². The van der Waals surface area contributed by atoms with Crippen molar-refractivity contribution in [3.05, 3.63) is 35.4 Å². The molecule has 1 saturated heterocycles. The fourth-order valence-corrected chi connectivity index (χ4v) is 2.93. The highest BCUT2D eigenvalue weighted by molar-refractivity contribution is 5.81. The molecule has 0 N–H and O–H groups in total. The molecule has 0 radical (unpaired) electrons. The Morgan fingerprint density at radius 1 is 1.32 bits per heavy atom. The zero-order chi connectivity index (χ0) is 13.7. The minimum absolute atomic E-state index is 0.328. The molecule has 0 bridgehead atoms. The van der Waals surface area contributed by atoms with Gasteiger partial charge in [0.1, 0.15) is 5.78 Å². The zero-order valence-corrected chi connectivity index (χ0v) is 12.2.